The highest BCUT2D eigenvalue weighted by Gasteiger charge is 2.22. The second kappa shape index (κ2) is 15.4. The summed E-state index contributed by atoms with van der Waals surface area (Å²) in [6, 6.07) is 0. The smallest absolute Gasteiger partial charge is 0.306 e. The van der Waals surface area contributed by atoms with E-state index in [4.69, 9.17) is 4.74 Å². The third-order valence-corrected chi connectivity index (χ3v) is 3.93. The molecule has 150 valence electrons. The molecule has 0 bridgehead atoms. The van der Waals surface area contributed by atoms with Gasteiger partial charge in [-0.25, -0.2) is 0 Å². The predicted molar refractivity (Wildman–Crippen MR) is 94.2 cm³/mol. The molecule has 0 aliphatic heterocycles. The number of nitrogens with zero attached hydrogens (tertiary/aromatic N) is 1. The Morgan fingerprint density at radius 2 is 1.40 bits per heavy atom. The van der Waals surface area contributed by atoms with Crippen molar-refractivity contribution in [2.45, 2.75) is 83.7 Å². The molecule has 0 heterocycles. The fourth-order valence-electron chi connectivity index (χ4n) is 2.77. The topological polar surface area (TPSA) is 66.4 Å². The summed E-state index contributed by atoms with van der Waals surface area (Å²) in [7, 11) is 5.82. The molecule has 0 saturated carbocycles. The molecule has 0 aliphatic carbocycles. The number of carboxylic acid groups (broad SMARTS) is 1. The van der Waals surface area contributed by atoms with Gasteiger partial charge in [-0.2, -0.15) is 0 Å². The number of halogens is 1. The summed E-state index contributed by atoms with van der Waals surface area (Å²) in [6.45, 7) is 2.69. The van der Waals surface area contributed by atoms with E-state index < -0.39 is 12.1 Å². The number of carbonyl (C=O) groups excluding carboxylic acids is 2. The number of esters is 1. The Hall–Kier alpha value is -0.810. The molecule has 0 aromatic carbocycles. The van der Waals surface area contributed by atoms with Gasteiger partial charge in [-0.1, -0.05) is 58.3 Å². The van der Waals surface area contributed by atoms with E-state index in [-0.39, 0.29) is 24.8 Å². The van der Waals surface area contributed by atoms with Crippen LogP contribution in [0.15, 0.2) is 0 Å². The summed E-state index contributed by atoms with van der Waals surface area (Å²) in [4.78, 5) is 22.7. The maximum absolute atomic E-state index is 11.9. The van der Waals surface area contributed by atoms with Crippen molar-refractivity contribution in [3.63, 3.8) is 0 Å². The number of rotatable bonds is 15. The van der Waals surface area contributed by atoms with Crippen molar-refractivity contribution < 1.29 is 36.3 Å². The van der Waals surface area contributed by atoms with Crippen LogP contribution in [-0.2, 0) is 14.3 Å². The molecule has 0 radical (unpaired) electrons. The molecule has 0 rings (SSSR count). The van der Waals surface area contributed by atoms with Crippen LogP contribution < -0.4 is 17.5 Å². The normalized spacial score (nSPS) is 12.3. The lowest BCUT2D eigenvalue weighted by Crippen LogP contribution is -3.00. The molecule has 0 aromatic heterocycles. The lowest BCUT2D eigenvalue weighted by atomic mass is 10.1. The first-order chi connectivity index (χ1) is 11.2. The molecular weight excluding hydrogens is 342 g/mol. The summed E-state index contributed by atoms with van der Waals surface area (Å²) in [6.07, 6.45) is 10.3. The van der Waals surface area contributed by atoms with Gasteiger partial charge >= 0.3 is 5.97 Å². The molecule has 1 atom stereocenters. The van der Waals surface area contributed by atoms with E-state index >= 15 is 0 Å². The van der Waals surface area contributed by atoms with Crippen LogP contribution in [0, 0.1) is 0 Å². The number of carboxylic acids is 1. The molecule has 5 nitrogen and oxygen atoms in total. The second-order valence-electron chi connectivity index (χ2n) is 7.74. The number of hydrogen-bond donors (Lipinski definition) is 0. The van der Waals surface area contributed by atoms with Crippen molar-refractivity contribution in [3.8, 4) is 0 Å². The van der Waals surface area contributed by atoms with E-state index in [1.165, 1.54) is 38.5 Å². The zero-order chi connectivity index (χ0) is 18.4. The zero-order valence-electron chi connectivity index (χ0n) is 16.5. The van der Waals surface area contributed by atoms with Gasteiger partial charge in [-0.05, 0) is 6.42 Å². The zero-order valence-corrected chi connectivity index (χ0v) is 17.3. The number of unbranched alkanes of at least 4 members (excludes halogenated alkanes) is 8. The maximum atomic E-state index is 11.9. The lowest BCUT2D eigenvalue weighted by Gasteiger charge is -2.29. The molecule has 6 heteroatoms. The monoisotopic (exact) mass is 378 g/mol. The summed E-state index contributed by atoms with van der Waals surface area (Å²) < 4.78 is 5.88. The van der Waals surface area contributed by atoms with Gasteiger partial charge in [-0.3, -0.25) is 4.79 Å². The summed E-state index contributed by atoms with van der Waals surface area (Å²) in [5, 5.41) is 10.8. The number of ether oxygens (including phenoxy) is 1. The maximum Gasteiger partial charge on any atom is 0.306 e. The van der Waals surface area contributed by atoms with Crippen LogP contribution in [0.3, 0.4) is 0 Å². The van der Waals surface area contributed by atoms with E-state index in [9.17, 15) is 14.7 Å². The molecule has 0 aromatic rings. The second-order valence-corrected chi connectivity index (χ2v) is 7.74. The Balaban J connectivity index is 0. The molecule has 0 saturated heterocycles. The van der Waals surface area contributed by atoms with Gasteiger partial charge in [0, 0.05) is 18.8 Å². The van der Waals surface area contributed by atoms with Crippen molar-refractivity contribution in [2.24, 2.45) is 0 Å². The van der Waals surface area contributed by atoms with Crippen LogP contribution in [0.2, 0.25) is 0 Å². The Kier molecular flexibility index (Phi) is 16.3. The van der Waals surface area contributed by atoms with E-state index in [2.05, 4.69) is 6.92 Å². The van der Waals surface area contributed by atoms with Gasteiger partial charge in [0.25, 0.3) is 0 Å². The fourth-order valence-corrected chi connectivity index (χ4v) is 2.77. The Bertz CT molecular complexity index is 356. The van der Waals surface area contributed by atoms with Crippen LogP contribution in [-0.4, -0.2) is 50.2 Å². The molecule has 0 N–H and O–H groups in total. The predicted octanol–water partition coefficient (Wildman–Crippen LogP) is -0.331. The Morgan fingerprint density at radius 1 is 0.920 bits per heavy atom. The highest BCUT2D eigenvalue weighted by atomic mass is 35.5. The van der Waals surface area contributed by atoms with Crippen LogP contribution in [0.25, 0.3) is 0 Å². The standard InChI is InChI=1S/C19H37NO4.ClH/c1-5-6-7-8-9-10-11-12-13-14-19(23)24-17(15-18(21)22)16-20(2,3)4;/h17H,5-16H2,1-4H3;1H/p-1/t17-;/m1./s1. The SMILES string of the molecule is CCCCCCCCCCCC(=O)O[C@H](CC(=O)[O-])C[N+](C)(C)C.[Cl-]. The lowest BCUT2D eigenvalue weighted by molar-refractivity contribution is -0.873. The van der Waals surface area contributed by atoms with Crippen molar-refractivity contribution >= 4 is 11.9 Å². The van der Waals surface area contributed by atoms with Crippen LogP contribution >= 0.6 is 0 Å². The van der Waals surface area contributed by atoms with Gasteiger partial charge in [-0.15, -0.1) is 0 Å². The average Bonchev–Trinajstić information content (AvgIpc) is 2.42. The van der Waals surface area contributed by atoms with E-state index in [1.807, 2.05) is 21.1 Å². The van der Waals surface area contributed by atoms with Crippen molar-refractivity contribution in [2.75, 3.05) is 27.7 Å². The van der Waals surface area contributed by atoms with Crippen molar-refractivity contribution in [3.05, 3.63) is 0 Å². The largest absolute Gasteiger partial charge is 1.00 e. The quantitative estimate of drug-likeness (QED) is 0.222. The Labute approximate surface area is 160 Å². The minimum absolute atomic E-state index is 0. The molecule has 25 heavy (non-hydrogen) atoms. The molecular formula is C19H37ClNO4-. The third kappa shape index (κ3) is 19.4. The number of aliphatic carboxylic acids is 1. The van der Waals surface area contributed by atoms with Gasteiger partial charge in [0.2, 0.25) is 0 Å². The number of quaternary nitrogens is 1. The summed E-state index contributed by atoms with van der Waals surface area (Å²) in [5.41, 5.74) is 0. The van der Waals surface area contributed by atoms with Crippen LogP contribution in [0.1, 0.15) is 77.6 Å². The highest BCUT2D eigenvalue weighted by molar-refractivity contribution is 5.70. The van der Waals surface area contributed by atoms with Gasteiger partial charge in [0.1, 0.15) is 6.54 Å². The van der Waals surface area contributed by atoms with Gasteiger partial charge in [0.05, 0.1) is 21.1 Å². The molecule has 0 spiro atoms. The summed E-state index contributed by atoms with van der Waals surface area (Å²) >= 11 is 0. The minimum atomic E-state index is -1.18. The Morgan fingerprint density at radius 3 is 1.84 bits per heavy atom. The third-order valence-electron chi connectivity index (χ3n) is 3.93. The van der Waals surface area contributed by atoms with E-state index in [1.54, 1.807) is 0 Å². The van der Waals surface area contributed by atoms with Crippen molar-refractivity contribution in [1.82, 2.24) is 0 Å². The molecule has 0 amide bonds. The number of carbonyl (C=O) groups is 2. The summed E-state index contributed by atoms with van der Waals surface area (Å²) in [5.74, 6) is -1.47. The first kappa shape index (κ1) is 26.4. The van der Waals surface area contributed by atoms with Gasteiger partial charge in [0.15, 0.2) is 6.10 Å². The first-order valence-corrected chi connectivity index (χ1v) is 9.44. The first-order valence-electron chi connectivity index (χ1n) is 9.44. The van der Waals surface area contributed by atoms with Crippen LogP contribution in [0.4, 0.5) is 0 Å². The fraction of sp³-hybridized carbons (Fsp3) is 0.895. The average molecular weight is 379 g/mol. The van der Waals surface area contributed by atoms with Gasteiger partial charge < -0.3 is 31.5 Å². The number of hydrogen-bond acceptors (Lipinski definition) is 4. The molecule has 0 unspecified atom stereocenters. The minimum Gasteiger partial charge on any atom is -1.00 e. The van der Waals surface area contributed by atoms with Crippen LogP contribution in [0.5, 0.6) is 0 Å². The van der Waals surface area contributed by atoms with Crippen molar-refractivity contribution in [1.29, 1.82) is 0 Å². The van der Waals surface area contributed by atoms with E-state index in [0.717, 1.165) is 19.3 Å². The molecule has 0 aliphatic rings. The number of likely N-dealkylation sites (N-methyl/N-ethyl adjacent to an activating group) is 1. The molecule has 0 fully saturated rings. The van der Waals surface area contributed by atoms with E-state index in [0.29, 0.717) is 17.4 Å². The highest BCUT2D eigenvalue weighted by Crippen LogP contribution is 2.12.